The van der Waals surface area contributed by atoms with Crippen LogP contribution in [-0.2, 0) is 5.41 Å². The fourth-order valence-corrected chi connectivity index (χ4v) is 6.49. The highest BCUT2D eigenvalue weighted by molar-refractivity contribution is 6.27. The first kappa shape index (κ1) is 19.8. The normalized spacial score (nSPS) is 14.1. The van der Waals surface area contributed by atoms with Gasteiger partial charge in [0.25, 0.3) is 0 Å². The lowest BCUT2D eigenvalue weighted by Crippen LogP contribution is -2.15. The zero-order valence-corrected chi connectivity index (χ0v) is 20.2. The van der Waals surface area contributed by atoms with E-state index < -0.39 is 0 Å². The fraction of sp³-hybridized carbons (Fsp3) is 0.0909. The highest BCUT2D eigenvalue weighted by Crippen LogP contribution is 2.56. The van der Waals surface area contributed by atoms with Gasteiger partial charge in [-0.3, -0.25) is 4.57 Å². The summed E-state index contributed by atoms with van der Waals surface area (Å²) < 4.78 is 2.29. The predicted octanol–water partition coefficient (Wildman–Crippen LogP) is 8.19. The van der Waals surface area contributed by atoms with Gasteiger partial charge in [-0.15, -0.1) is 0 Å². The highest BCUT2D eigenvalue weighted by atomic mass is 15.2. The predicted molar refractivity (Wildman–Crippen MR) is 149 cm³/mol. The first-order valence-corrected chi connectivity index (χ1v) is 12.4. The van der Waals surface area contributed by atoms with Crippen LogP contribution < -0.4 is 0 Å². The summed E-state index contributed by atoms with van der Waals surface area (Å²) >= 11 is 0. The Morgan fingerprint density at radius 2 is 1.39 bits per heavy atom. The van der Waals surface area contributed by atoms with Crippen LogP contribution in [0.5, 0.6) is 0 Å². The van der Waals surface area contributed by atoms with Gasteiger partial charge >= 0.3 is 0 Å². The van der Waals surface area contributed by atoms with Gasteiger partial charge in [0.1, 0.15) is 0 Å². The lowest BCUT2D eigenvalue weighted by Gasteiger charge is -2.23. The van der Waals surface area contributed by atoms with E-state index in [1.54, 1.807) is 0 Å². The molecule has 0 unspecified atom stereocenters. The summed E-state index contributed by atoms with van der Waals surface area (Å²) in [5, 5.41) is 6.14. The van der Waals surface area contributed by atoms with Crippen molar-refractivity contribution in [1.29, 1.82) is 0 Å². The van der Waals surface area contributed by atoms with Crippen LogP contribution in [-0.4, -0.2) is 14.5 Å². The SMILES string of the molecule is CC1(C)c2ccccc2-c2c1c1ccccc1c1c3ccccc3n(-c3ncc4ccccc4n3)c21. The van der Waals surface area contributed by atoms with Crippen LogP contribution in [0.4, 0.5) is 0 Å². The molecular weight excluding hydrogens is 438 g/mol. The minimum atomic E-state index is -0.120. The van der Waals surface area contributed by atoms with Crippen molar-refractivity contribution in [2.75, 3.05) is 0 Å². The maximum Gasteiger partial charge on any atom is 0.235 e. The van der Waals surface area contributed by atoms with Crippen molar-refractivity contribution in [3.8, 4) is 17.1 Å². The molecule has 5 aromatic carbocycles. The van der Waals surface area contributed by atoms with E-state index in [0.717, 1.165) is 16.4 Å². The zero-order valence-electron chi connectivity index (χ0n) is 20.2. The molecule has 2 aromatic heterocycles. The Hall–Kier alpha value is -4.50. The Labute approximate surface area is 208 Å². The molecule has 0 atom stereocenters. The van der Waals surface area contributed by atoms with Crippen LogP contribution >= 0.6 is 0 Å². The Kier molecular flexibility index (Phi) is 3.73. The molecule has 7 aromatic rings. The quantitative estimate of drug-likeness (QED) is 0.247. The van der Waals surface area contributed by atoms with Gasteiger partial charge in [-0.05, 0) is 39.6 Å². The summed E-state index contributed by atoms with van der Waals surface area (Å²) in [7, 11) is 0. The number of fused-ring (bicyclic) bond motifs is 11. The van der Waals surface area contributed by atoms with Gasteiger partial charge in [0.05, 0.1) is 16.6 Å². The second kappa shape index (κ2) is 6.79. The number of hydrogen-bond acceptors (Lipinski definition) is 2. The minimum absolute atomic E-state index is 0.120. The van der Waals surface area contributed by atoms with Crippen LogP contribution in [0, 0.1) is 0 Å². The number of nitrogens with zero attached hydrogens (tertiary/aromatic N) is 3. The average Bonchev–Trinajstić information content (AvgIpc) is 3.39. The van der Waals surface area contributed by atoms with E-state index in [4.69, 9.17) is 9.97 Å². The molecule has 0 aliphatic heterocycles. The molecule has 0 amide bonds. The highest BCUT2D eigenvalue weighted by Gasteiger charge is 2.39. The summed E-state index contributed by atoms with van der Waals surface area (Å²) in [6.45, 7) is 4.71. The number of para-hydroxylation sites is 2. The van der Waals surface area contributed by atoms with Crippen LogP contribution in [0.2, 0.25) is 0 Å². The molecule has 0 N–H and O–H groups in total. The first-order valence-electron chi connectivity index (χ1n) is 12.4. The van der Waals surface area contributed by atoms with Crippen molar-refractivity contribution < 1.29 is 0 Å². The average molecular weight is 462 g/mol. The molecule has 0 spiro atoms. The summed E-state index contributed by atoms with van der Waals surface area (Å²) in [4.78, 5) is 9.97. The molecular formula is C33H23N3. The van der Waals surface area contributed by atoms with Gasteiger partial charge in [0, 0.05) is 33.3 Å². The molecule has 0 saturated heterocycles. The maximum atomic E-state index is 5.07. The van der Waals surface area contributed by atoms with Gasteiger partial charge in [-0.25, -0.2) is 9.97 Å². The summed E-state index contributed by atoms with van der Waals surface area (Å²) in [6, 6.07) is 34.6. The molecule has 1 aliphatic carbocycles. The summed E-state index contributed by atoms with van der Waals surface area (Å²) in [6.07, 6.45) is 1.94. The first-order chi connectivity index (χ1) is 17.6. The zero-order chi connectivity index (χ0) is 24.0. The van der Waals surface area contributed by atoms with Gasteiger partial charge < -0.3 is 0 Å². The molecule has 0 radical (unpaired) electrons. The van der Waals surface area contributed by atoms with Gasteiger partial charge in [0.15, 0.2) is 0 Å². The number of rotatable bonds is 1. The largest absolute Gasteiger partial charge is 0.277 e. The van der Waals surface area contributed by atoms with Crippen LogP contribution in [0.25, 0.3) is 60.6 Å². The number of aromatic nitrogens is 3. The standard InChI is InChI=1S/C33H23N3/c1-33(2)25-16-8-6-14-23(25)29-30(33)22-13-5-4-12-21(22)28-24-15-7-10-18-27(24)36(31(28)29)32-34-19-20-11-3-9-17-26(20)35-32/h3-19H,1-2H3. The van der Waals surface area contributed by atoms with Crippen LogP contribution in [0.1, 0.15) is 25.0 Å². The molecule has 170 valence electrons. The van der Waals surface area contributed by atoms with Crippen LogP contribution in [0.15, 0.2) is 103 Å². The molecule has 0 fully saturated rings. The Balaban J connectivity index is 1.67. The van der Waals surface area contributed by atoms with Gasteiger partial charge in [0.2, 0.25) is 5.95 Å². The second-order valence-corrected chi connectivity index (χ2v) is 10.3. The van der Waals surface area contributed by atoms with E-state index >= 15 is 0 Å². The number of hydrogen-bond donors (Lipinski definition) is 0. The van der Waals surface area contributed by atoms with E-state index in [0.29, 0.717) is 5.95 Å². The smallest absolute Gasteiger partial charge is 0.235 e. The Bertz CT molecular complexity index is 2030. The summed E-state index contributed by atoms with van der Waals surface area (Å²) in [5.41, 5.74) is 8.51. The Morgan fingerprint density at radius 3 is 2.28 bits per heavy atom. The van der Waals surface area contributed by atoms with Gasteiger partial charge in [-0.1, -0.05) is 98.8 Å². The summed E-state index contributed by atoms with van der Waals surface area (Å²) in [5.74, 6) is 0.708. The lowest BCUT2D eigenvalue weighted by molar-refractivity contribution is 0.666. The van der Waals surface area contributed by atoms with Crippen molar-refractivity contribution >= 4 is 43.5 Å². The minimum Gasteiger partial charge on any atom is -0.277 e. The third kappa shape index (κ3) is 2.37. The molecule has 2 heterocycles. The van der Waals surface area contributed by atoms with Gasteiger partial charge in [-0.2, -0.15) is 0 Å². The molecule has 3 heteroatoms. The topological polar surface area (TPSA) is 30.7 Å². The van der Waals surface area contributed by atoms with E-state index in [1.165, 1.54) is 49.3 Å². The van der Waals surface area contributed by atoms with E-state index in [-0.39, 0.29) is 5.41 Å². The van der Waals surface area contributed by atoms with Crippen molar-refractivity contribution in [2.24, 2.45) is 0 Å². The second-order valence-electron chi connectivity index (χ2n) is 10.3. The molecule has 3 nitrogen and oxygen atoms in total. The Morgan fingerprint density at radius 1 is 0.694 bits per heavy atom. The maximum absolute atomic E-state index is 5.07. The monoisotopic (exact) mass is 461 g/mol. The number of benzene rings is 5. The van der Waals surface area contributed by atoms with E-state index in [9.17, 15) is 0 Å². The molecule has 36 heavy (non-hydrogen) atoms. The molecule has 8 rings (SSSR count). The van der Waals surface area contributed by atoms with Crippen molar-refractivity contribution in [2.45, 2.75) is 19.3 Å². The molecule has 0 saturated carbocycles. The lowest BCUT2D eigenvalue weighted by atomic mass is 9.79. The van der Waals surface area contributed by atoms with Crippen molar-refractivity contribution in [3.05, 3.63) is 114 Å². The third-order valence-electron chi connectivity index (χ3n) is 8.00. The van der Waals surface area contributed by atoms with Crippen molar-refractivity contribution in [3.63, 3.8) is 0 Å². The van der Waals surface area contributed by atoms with Crippen LogP contribution in [0.3, 0.4) is 0 Å². The van der Waals surface area contributed by atoms with Crippen molar-refractivity contribution in [1.82, 2.24) is 14.5 Å². The fourth-order valence-electron chi connectivity index (χ4n) is 6.49. The molecule has 1 aliphatic rings. The molecule has 0 bridgehead atoms. The third-order valence-corrected chi connectivity index (χ3v) is 8.00. The van der Waals surface area contributed by atoms with E-state index in [2.05, 4.69) is 103 Å². The van der Waals surface area contributed by atoms with E-state index in [1.807, 2.05) is 18.3 Å².